The second-order valence-electron chi connectivity index (χ2n) is 5.16. The van der Waals surface area contributed by atoms with Crippen molar-refractivity contribution in [1.29, 1.82) is 0 Å². The van der Waals surface area contributed by atoms with Crippen LogP contribution in [0.5, 0.6) is 0 Å². The quantitative estimate of drug-likeness (QED) is 0.787. The number of carbonyl (C=O) groups is 2. The van der Waals surface area contributed by atoms with Crippen molar-refractivity contribution in [2.24, 2.45) is 0 Å². The molecule has 21 heavy (non-hydrogen) atoms. The Morgan fingerprint density at radius 2 is 1.62 bits per heavy atom. The summed E-state index contributed by atoms with van der Waals surface area (Å²) in [6.45, 7) is 3.49. The number of carbonyl (C=O) groups excluding carboxylic acids is 2. The van der Waals surface area contributed by atoms with Crippen LogP contribution in [-0.4, -0.2) is 11.7 Å². The number of benzene rings is 2. The highest BCUT2D eigenvalue weighted by atomic mass is 16.2. The standard InChI is InChI=1S/C18H15NO2/c1-12-7-9-14(10-8-12)19-17(11-13(2)20)15-5-3-4-6-16(15)18(19)21/h3-11H,1-2H3/b17-11+. The second-order valence-corrected chi connectivity index (χ2v) is 5.16. The first-order chi connectivity index (χ1) is 10.1. The monoisotopic (exact) mass is 277 g/mol. The van der Waals surface area contributed by atoms with E-state index in [0.717, 1.165) is 16.8 Å². The molecule has 0 fully saturated rings. The van der Waals surface area contributed by atoms with Crippen LogP contribution in [0.1, 0.15) is 28.4 Å². The van der Waals surface area contributed by atoms with Gasteiger partial charge in [-0.2, -0.15) is 0 Å². The third-order valence-electron chi connectivity index (χ3n) is 3.51. The number of amides is 1. The van der Waals surface area contributed by atoms with Crippen LogP contribution in [0.3, 0.4) is 0 Å². The molecule has 1 amide bonds. The van der Waals surface area contributed by atoms with Gasteiger partial charge in [-0.15, -0.1) is 0 Å². The fourth-order valence-electron chi connectivity index (χ4n) is 2.53. The normalized spacial score (nSPS) is 15.4. The van der Waals surface area contributed by atoms with Crippen LogP contribution < -0.4 is 4.90 Å². The summed E-state index contributed by atoms with van der Waals surface area (Å²) in [5, 5.41) is 0. The average molecular weight is 277 g/mol. The SMILES string of the molecule is CC(=O)/C=C1\c2ccccc2C(=O)N1c1ccc(C)cc1. The third kappa shape index (κ3) is 2.27. The van der Waals surface area contributed by atoms with Gasteiger partial charge in [0.25, 0.3) is 5.91 Å². The molecule has 0 saturated carbocycles. The number of rotatable bonds is 2. The van der Waals surface area contributed by atoms with Crippen molar-refractivity contribution < 1.29 is 9.59 Å². The topological polar surface area (TPSA) is 37.4 Å². The third-order valence-corrected chi connectivity index (χ3v) is 3.51. The summed E-state index contributed by atoms with van der Waals surface area (Å²) in [6.07, 6.45) is 1.52. The van der Waals surface area contributed by atoms with Crippen molar-refractivity contribution in [2.45, 2.75) is 13.8 Å². The van der Waals surface area contributed by atoms with E-state index in [-0.39, 0.29) is 11.7 Å². The fraction of sp³-hybridized carbons (Fsp3) is 0.111. The molecule has 0 saturated heterocycles. The largest absolute Gasteiger partial charge is 0.295 e. The molecule has 2 aromatic carbocycles. The van der Waals surface area contributed by atoms with Gasteiger partial charge in [0.05, 0.1) is 5.70 Å². The molecular formula is C18H15NO2. The molecule has 3 nitrogen and oxygen atoms in total. The van der Waals surface area contributed by atoms with Gasteiger partial charge >= 0.3 is 0 Å². The van der Waals surface area contributed by atoms with Crippen molar-refractivity contribution in [1.82, 2.24) is 0 Å². The number of hydrogen-bond donors (Lipinski definition) is 0. The van der Waals surface area contributed by atoms with Crippen molar-refractivity contribution in [2.75, 3.05) is 4.90 Å². The molecule has 0 spiro atoms. The Balaban J connectivity index is 2.18. The van der Waals surface area contributed by atoms with Gasteiger partial charge in [-0.05, 0) is 32.0 Å². The molecule has 1 aliphatic rings. The van der Waals surface area contributed by atoms with Crippen LogP contribution in [0, 0.1) is 6.92 Å². The molecule has 0 atom stereocenters. The second kappa shape index (κ2) is 5.02. The first-order valence-electron chi connectivity index (χ1n) is 6.81. The van der Waals surface area contributed by atoms with E-state index in [0.29, 0.717) is 11.3 Å². The summed E-state index contributed by atoms with van der Waals surface area (Å²) in [5.74, 6) is -0.173. The van der Waals surface area contributed by atoms with Crippen molar-refractivity contribution >= 4 is 23.1 Å². The number of aryl methyl sites for hydroxylation is 1. The Morgan fingerprint density at radius 3 is 2.24 bits per heavy atom. The van der Waals surface area contributed by atoms with E-state index < -0.39 is 0 Å². The van der Waals surface area contributed by atoms with E-state index in [1.54, 1.807) is 11.0 Å². The Morgan fingerprint density at radius 1 is 1.00 bits per heavy atom. The summed E-state index contributed by atoms with van der Waals surface area (Å²) < 4.78 is 0. The molecule has 0 aromatic heterocycles. The molecule has 3 rings (SSSR count). The molecule has 2 aromatic rings. The van der Waals surface area contributed by atoms with E-state index in [9.17, 15) is 9.59 Å². The molecule has 0 bridgehead atoms. The minimum atomic E-state index is -0.0954. The van der Waals surface area contributed by atoms with Gasteiger partial charge in [0.2, 0.25) is 0 Å². The van der Waals surface area contributed by atoms with Crippen LogP contribution in [0.25, 0.3) is 5.70 Å². The Bertz CT molecular complexity index is 757. The van der Waals surface area contributed by atoms with E-state index in [4.69, 9.17) is 0 Å². The van der Waals surface area contributed by atoms with Gasteiger partial charge in [-0.25, -0.2) is 0 Å². The molecule has 3 heteroatoms. The lowest BCUT2D eigenvalue weighted by molar-refractivity contribution is -0.112. The fourth-order valence-corrected chi connectivity index (χ4v) is 2.53. The molecule has 0 radical (unpaired) electrons. The molecule has 0 unspecified atom stereocenters. The summed E-state index contributed by atoms with van der Waals surface area (Å²) in [6, 6.07) is 15.1. The zero-order valence-electron chi connectivity index (χ0n) is 12.0. The van der Waals surface area contributed by atoms with Crippen LogP contribution in [-0.2, 0) is 4.79 Å². The van der Waals surface area contributed by atoms with E-state index >= 15 is 0 Å². The number of ketones is 1. The Kier molecular flexibility index (Phi) is 3.18. The molecule has 104 valence electrons. The number of fused-ring (bicyclic) bond motifs is 1. The Hall–Kier alpha value is -2.68. The molecule has 0 aliphatic carbocycles. The highest BCUT2D eigenvalue weighted by molar-refractivity contribution is 6.24. The van der Waals surface area contributed by atoms with Gasteiger partial charge < -0.3 is 0 Å². The van der Waals surface area contributed by atoms with Gasteiger partial charge in [-0.3, -0.25) is 14.5 Å². The minimum absolute atomic E-state index is 0.0772. The predicted octanol–water partition coefficient (Wildman–Crippen LogP) is 3.59. The maximum atomic E-state index is 12.6. The summed E-state index contributed by atoms with van der Waals surface area (Å²) in [5.41, 5.74) is 3.98. The molecule has 1 aliphatic heterocycles. The van der Waals surface area contributed by atoms with Gasteiger partial charge in [0.15, 0.2) is 5.78 Å². The highest BCUT2D eigenvalue weighted by Crippen LogP contribution is 2.36. The van der Waals surface area contributed by atoms with Crippen molar-refractivity contribution in [3.8, 4) is 0 Å². The van der Waals surface area contributed by atoms with Crippen molar-refractivity contribution in [3.63, 3.8) is 0 Å². The maximum absolute atomic E-state index is 12.6. The zero-order chi connectivity index (χ0) is 15.0. The van der Waals surface area contributed by atoms with Crippen molar-refractivity contribution in [3.05, 3.63) is 71.3 Å². The zero-order valence-corrected chi connectivity index (χ0v) is 12.0. The van der Waals surface area contributed by atoms with Crippen LogP contribution in [0.15, 0.2) is 54.6 Å². The first-order valence-corrected chi connectivity index (χ1v) is 6.81. The lowest BCUT2D eigenvalue weighted by atomic mass is 10.1. The molecule has 1 heterocycles. The van der Waals surface area contributed by atoms with E-state index in [1.165, 1.54) is 13.0 Å². The van der Waals surface area contributed by atoms with Gasteiger partial charge in [0, 0.05) is 22.9 Å². The van der Waals surface area contributed by atoms with Gasteiger partial charge in [0.1, 0.15) is 0 Å². The molecule has 0 N–H and O–H groups in total. The van der Waals surface area contributed by atoms with Crippen LogP contribution in [0.2, 0.25) is 0 Å². The van der Waals surface area contributed by atoms with Gasteiger partial charge in [-0.1, -0.05) is 35.9 Å². The summed E-state index contributed by atoms with van der Waals surface area (Å²) >= 11 is 0. The first kappa shape index (κ1) is 13.3. The van der Waals surface area contributed by atoms with Crippen LogP contribution >= 0.6 is 0 Å². The Labute approximate surface area is 123 Å². The number of allylic oxidation sites excluding steroid dienone is 1. The average Bonchev–Trinajstić information content (AvgIpc) is 2.73. The van der Waals surface area contributed by atoms with E-state index in [1.807, 2.05) is 49.4 Å². The lowest BCUT2D eigenvalue weighted by Crippen LogP contribution is -2.22. The highest BCUT2D eigenvalue weighted by Gasteiger charge is 2.33. The van der Waals surface area contributed by atoms with Crippen LogP contribution in [0.4, 0.5) is 5.69 Å². The summed E-state index contributed by atoms with van der Waals surface area (Å²) in [7, 11) is 0. The summed E-state index contributed by atoms with van der Waals surface area (Å²) in [4.78, 5) is 25.8. The minimum Gasteiger partial charge on any atom is -0.295 e. The number of anilines is 1. The molecular weight excluding hydrogens is 262 g/mol. The number of hydrogen-bond acceptors (Lipinski definition) is 2. The predicted molar refractivity (Wildman–Crippen MR) is 83.1 cm³/mol. The van der Waals surface area contributed by atoms with E-state index in [2.05, 4.69) is 0 Å². The maximum Gasteiger partial charge on any atom is 0.263 e. The smallest absolute Gasteiger partial charge is 0.263 e. The lowest BCUT2D eigenvalue weighted by Gasteiger charge is -2.18. The number of nitrogens with zero attached hydrogens (tertiary/aromatic N) is 1.